The molecule has 45 heavy (non-hydrogen) atoms. The second-order valence-electron chi connectivity index (χ2n) is 9.90. The molecular formula is C27H38O17S. The van der Waals surface area contributed by atoms with E-state index in [9.17, 15) is 33.6 Å². The van der Waals surface area contributed by atoms with Gasteiger partial charge in [0.05, 0.1) is 6.61 Å². The molecule has 10 atom stereocenters. The Morgan fingerprint density at radius 3 is 1.29 bits per heavy atom. The first-order valence-electron chi connectivity index (χ1n) is 13.7. The Balaban J connectivity index is 2.51. The fourth-order valence-electron chi connectivity index (χ4n) is 4.69. The van der Waals surface area contributed by atoms with Gasteiger partial charge in [0.2, 0.25) is 0 Å². The van der Waals surface area contributed by atoms with Crippen molar-refractivity contribution >= 4 is 53.5 Å². The van der Waals surface area contributed by atoms with Gasteiger partial charge >= 0.3 is 41.8 Å². The molecule has 0 unspecified atom stereocenters. The molecule has 0 radical (unpaired) electrons. The molecule has 18 heteroatoms. The van der Waals surface area contributed by atoms with Crippen LogP contribution in [-0.2, 0) is 80.9 Å². The van der Waals surface area contributed by atoms with Crippen LogP contribution in [0.3, 0.4) is 0 Å². The van der Waals surface area contributed by atoms with Crippen molar-refractivity contribution in [2.75, 3.05) is 19.5 Å². The van der Waals surface area contributed by atoms with Crippen LogP contribution in [0.5, 0.6) is 0 Å². The van der Waals surface area contributed by atoms with Crippen molar-refractivity contribution in [2.45, 2.75) is 109 Å². The molecule has 2 rings (SSSR count). The number of esters is 7. The summed E-state index contributed by atoms with van der Waals surface area (Å²) in [6.07, 6.45) is -10.7. The van der Waals surface area contributed by atoms with Crippen LogP contribution in [0.25, 0.3) is 0 Å². The zero-order valence-corrected chi connectivity index (χ0v) is 26.9. The summed E-state index contributed by atoms with van der Waals surface area (Å²) in [5.74, 6) is -5.47. The van der Waals surface area contributed by atoms with Gasteiger partial charge in [-0.25, -0.2) is 0 Å². The van der Waals surface area contributed by atoms with Crippen molar-refractivity contribution in [1.29, 1.82) is 0 Å². The molecule has 0 amide bonds. The fraction of sp³-hybridized carbons (Fsp3) is 0.741. The molecule has 0 bridgehead atoms. The van der Waals surface area contributed by atoms with Gasteiger partial charge < -0.3 is 47.4 Å². The SMILES string of the molecule is CS[C@@H]1O[C@H](CO[C@@H]2O[C@H](COC(C)=O)[C@@H](OC(C)=O)[C@H](OC(C)=O)[C@H]2OC(C)=O)[C@@H](OC(C)=O)[C@H](OC(C)=O)[C@H]1OC(C)=O. The van der Waals surface area contributed by atoms with Gasteiger partial charge in [-0.15, -0.1) is 11.8 Å². The first kappa shape index (κ1) is 37.7. The van der Waals surface area contributed by atoms with Crippen LogP contribution in [0.4, 0.5) is 0 Å². The van der Waals surface area contributed by atoms with Crippen LogP contribution < -0.4 is 0 Å². The molecule has 0 aliphatic carbocycles. The molecule has 254 valence electrons. The molecular weight excluding hydrogens is 628 g/mol. The monoisotopic (exact) mass is 666 g/mol. The Morgan fingerprint density at radius 1 is 0.489 bits per heavy atom. The number of carbonyl (C=O) groups is 7. The summed E-state index contributed by atoms with van der Waals surface area (Å²) in [7, 11) is 0. The van der Waals surface area contributed by atoms with Crippen molar-refractivity contribution in [3.05, 3.63) is 0 Å². The summed E-state index contributed by atoms with van der Waals surface area (Å²) < 4.78 is 55.4. The maximum Gasteiger partial charge on any atom is 0.303 e. The largest absolute Gasteiger partial charge is 0.463 e. The standard InChI is InChI=1S/C27H38O17S/c1-11(28)35-9-18-20(37-12(2)29)22(39-14(4)31)24(41-16(6)33)26(43-18)36-10-19-21(38-13(3)30)23(40-15(5)32)25(42-17(7)34)27(44-19)45-8/h18-27H,9-10H2,1-8H3/t18-,19-,20-,21-,22+,23+,24-,25-,26-,27+/m1/s1. The van der Waals surface area contributed by atoms with E-state index in [0.29, 0.717) is 0 Å². The highest BCUT2D eigenvalue weighted by molar-refractivity contribution is 7.99. The predicted octanol–water partition coefficient (Wildman–Crippen LogP) is -0.0309. The third-order valence-corrected chi connectivity index (χ3v) is 6.95. The van der Waals surface area contributed by atoms with Gasteiger partial charge in [0.15, 0.2) is 42.9 Å². The van der Waals surface area contributed by atoms with Crippen LogP contribution in [-0.4, -0.2) is 122 Å². The van der Waals surface area contributed by atoms with Crippen molar-refractivity contribution in [2.24, 2.45) is 0 Å². The Morgan fingerprint density at radius 2 is 0.867 bits per heavy atom. The summed E-state index contributed by atoms with van der Waals surface area (Å²) >= 11 is 1.10. The van der Waals surface area contributed by atoms with Gasteiger partial charge in [-0.2, -0.15) is 0 Å². The lowest BCUT2D eigenvalue weighted by molar-refractivity contribution is -0.317. The fourth-order valence-corrected chi connectivity index (χ4v) is 5.42. The van der Waals surface area contributed by atoms with Crippen molar-refractivity contribution < 1.29 is 80.9 Å². The van der Waals surface area contributed by atoms with Crippen LogP contribution >= 0.6 is 11.8 Å². The molecule has 0 aromatic carbocycles. The van der Waals surface area contributed by atoms with E-state index in [-0.39, 0.29) is 0 Å². The van der Waals surface area contributed by atoms with Crippen molar-refractivity contribution in [1.82, 2.24) is 0 Å². The lowest BCUT2D eigenvalue weighted by Crippen LogP contribution is -2.64. The van der Waals surface area contributed by atoms with E-state index in [2.05, 4.69) is 0 Å². The van der Waals surface area contributed by atoms with Crippen molar-refractivity contribution in [3.63, 3.8) is 0 Å². The summed E-state index contributed by atoms with van der Waals surface area (Å²) in [5, 5.41) is 0. The molecule has 2 fully saturated rings. The zero-order valence-electron chi connectivity index (χ0n) is 26.0. The number of hydrogen-bond donors (Lipinski definition) is 0. The van der Waals surface area contributed by atoms with Gasteiger partial charge in [-0.3, -0.25) is 33.6 Å². The molecule has 2 heterocycles. The number of hydrogen-bond acceptors (Lipinski definition) is 18. The third-order valence-electron chi connectivity index (χ3n) is 6.10. The number of rotatable bonds is 12. The molecule has 0 N–H and O–H groups in total. The second-order valence-corrected chi connectivity index (χ2v) is 10.8. The molecule has 0 spiro atoms. The van der Waals surface area contributed by atoms with E-state index in [1.807, 2.05) is 0 Å². The minimum Gasteiger partial charge on any atom is -0.463 e. The average molecular weight is 667 g/mol. The van der Waals surface area contributed by atoms with E-state index in [0.717, 1.165) is 60.2 Å². The quantitative estimate of drug-likeness (QED) is 0.198. The molecule has 0 aromatic heterocycles. The Hall–Kier alpha value is -3.48. The topological polar surface area (TPSA) is 212 Å². The Kier molecular flexibility index (Phi) is 14.5. The van der Waals surface area contributed by atoms with E-state index in [1.165, 1.54) is 0 Å². The molecule has 0 aromatic rings. The second kappa shape index (κ2) is 17.3. The van der Waals surface area contributed by atoms with Gasteiger partial charge in [-0.1, -0.05) is 0 Å². The minimum absolute atomic E-state index is 0.485. The minimum atomic E-state index is -1.57. The summed E-state index contributed by atoms with van der Waals surface area (Å²) in [5.41, 5.74) is -0.936. The molecule has 2 aliphatic rings. The van der Waals surface area contributed by atoms with E-state index in [1.54, 1.807) is 6.26 Å². The highest BCUT2D eigenvalue weighted by Gasteiger charge is 2.55. The van der Waals surface area contributed by atoms with Gasteiger partial charge in [0.1, 0.15) is 24.3 Å². The maximum atomic E-state index is 12.1. The average Bonchev–Trinajstić information content (AvgIpc) is 2.90. The van der Waals surface area contributed by atoms with Crippen LogP contribution in [0.15, 0.2) is 0 Å². The normalized spacial score (nSPS) is 31.0. The van der Waals surface area contributed by atoms with Gasteiger partial charge in [0.25, 0.3) is 0 Å². The number of carbonyl (C=O) groups excluding carboxylic acids is 7. The molecule has 0 saturated carbocycles. The first-order chi connectivity index (χ1) is 21.0. The van der Waals surface area contributed by atoms with Crippen molar-refractivity contribution in [3.8, 4) is 0 Å². The molecule has 17 nitrogen and oxygen atoms in total. The summed E-state index contributed by atoms with van der Waals surface area (Å²) in [4.78, 5) is 83.8. The lowest BCUT2D eigenvalue weighted by atomic mass is 9.97. The van der Waals surface area contributed by atoms with Crippen LogP contribution in [0, 0.1) is 0 Å². The van der Waals surface area contributed by atoms with Crippen LogP contribution in [0.2, 0.25) is 0 Å². The van der Waals surface area contributed by atoms with E-state index < -0.39 is 116 Å². The first-order valence-corrected chi connectivity index (χ1v) is 14.9. The number of thioether (sulfide) groups is 1. The van der Waals surface area contributed by atoms with Gasteiger partial charge in [0, 0.05) is 48.5 Å². The van der Waals surface area contributed by atoms with E-state index >= 15 is 0 Å². The Labute approximate surface area is 263 Å². The Bertz CT molecular complexity index is 1110. The highest BCUT2D eigenvalue weighted by Crippen LogP contribution is 2.35. The van der Waals surface area contributed by atoms with Gasteiger partial charge in [-0.05, 0) is 6.26 Å². The predicted molar refractivity (Wildman–Crippen MR) is 147 cm³/mol. The van der Waals surface area contributed by atoms with E-state index in [4.69, 9.17) is 47.4 Å². The zero-order chi connectivity index (χ0) is 34.0. The lowest BCUT2D eigenvalue weighted by Gasteiger charge is -2.46. The van der Waals surface area contributed by atoms with Crippen LogP contribution in [0.1, 0.15) is 48.5 Å². The number of ether oxygens (including phenoxy) is 10. The smallest absolute Gasteiger partial charge is 0.303 e. The highest BCUT2D eigenvalue weighted by atomic mass is 32.2. The molecule has 2 saturated heterocycles. The maximum absolute atomic E-state index is 12.1. The summed E-state index contributed by atoms with van der Waals surface area (Å²) in [6.45, 7) is 6.72. The molecule has 2 aliphatic heterocycles. The third kappa shape index (κ3) is 11.4. The summed E-state index contributed by atoms with van der Waals surface area (Å²) in [6, 6.07) is 0.